The summed E-state index contributed by atoms with van der Waals surface area (Å²) in [7, 11) is 0. The Balaban J connectivity index is 2.13. The fourth-order valence-electron chi connectivity index (χ4n) is 2.59. The topological polar surface area (TPSA) is 69.2 Å². The van der Waals surface area contributed by atoms with Gasteiger partial charge in [-0.15, -0.1) is 11.8 Å². The number of alkyl halides is 3. The fraction of sp³-hybridized carbons (Fsp3) is 0.263. The fourth-order valence-corrected chi connectivity index (χ4v) is 3.05. The summed E-state index contributed by atoms with van der Waals surface area (Å²) < 4.78 is 38.0. The van der Waals surface area contributed by atoms with Crippen LogP contribution in [0.1, 0.15) is 29.9 Å². The average Bonchev–Trinajstić information content (AvgIpc) is 2.60. The van der Waals surface area contributed by atoms with Crippen LogP contribution in [0.5, 0.6) is 0 Å². The lowest BCUT2D eigenvalue weighted by molar-refractivity contribution is -0.306. The van der Waals surface area contributed by atoms with Crippen LogP contribution in [0.15, 0.2) is 53.4 Å². The van der Waals surface area contributed by atoms with Gasteiger partial charge < -0.3 is 15.2 Å². The van der Waals surface area contributed by atoms with Gasteiger partial charge in [-0.05, 0) is 54.5 Å². The van der Waals surface area contributed by atoms with Gasteiger partial charge >= 0.3 is 6.18 Å². The Morgan fingerprint density at radius 2 is 1.78 bits per heavy atom. The molecule has 0 unspecified atom stereocenters. The maximum Gasteiger partial charge on any atom is 0.416 e. The first-order valence-electron chi connectivity index (χ1n) is 8.00. The van der Waals surface area contributed by atoms with E-state index in [1.54, 1.807) is 18.2 Å². The summed E-state index contributed by atoms with van der Waals surface area (Å²) >= 11 is 1.50. The van der Waals surface area contributed by atoms with Gasteiger partial charge in [0.25, 0.3) is 0 Å². The highest BCUT2D eigenvalue weighted by Gasteiger charge is 2.30. The Hall–Kier alpha value is -2.48. The number of amides is 1. The van der Waals surface area contributed by atoms with E-state index in [1.165, 1.54) is 23.9 Å². The van der Waals surface area contributed by atoms with Crippen LogP contribution in [-0.2, 0) is 15.8 Å². The molecule has 0 radical (unpaired) electrons. The van der Waals surface area contributed by atoms with E-state index >= 15 is 0 Å². The largest absolute Gasteiger partial charge is 0.550 e. The molecule has 4 nitrogen and oxygen atoms in total. The van der Waals surface area contributed by atoms with Gasteiger partial charge in [0.1, 0.15) is 0 Å². The van der Waals surface area contributed by atoms with Crippen molar-refractivity contribution >= 4 is 29.3 Å². The van der Waals surface area contributed by atoms with Gasteiger partial charge in [0.15, 0.2) is 0 Å². The summed E-state index contributed by atoms with van der Waals surface area (Å²) in [6.07, 6.45) is -3.25. The van der Waals surface area contributed by atoms with E-state index in [4.69, 9.17) is 0 Å². The smallest absolute Gasteiger partial charge is 0.416 e. The van der Waals surface area contributed by atoms with Gasteiger partial charge in [0, 0.05) is 23.0 Å². The SMILES string of the molecule is CSc1cccc(NC(=O)C[C@@H](CC(=O)[O-])c2ccc(C(F)(F)F)cc2)c1. The molecule has 27 heavy (non-hydrogen) atoms. The number of anilines is 1. The highest BCUT2D eigenvalue weighted by molar-refractivity contribution is 7.98. The van der Waals surface area contributed by atoms with Crippen LogP contribution in [-0.4, -0.2) is 18.1 Å². The Bertz CT molecular complexity index is 807. The van der Waals surface area contributed by atoms with Gasteiger partial charge in [-0.3, -0.25) is 4.79 Å². The zero-order valence-corrected chi connectivity index (χ0v) is 15.2. The number of hydrogen-bond acceptors (Lipinski definition) is 4. The summed E-state index contributed by atoms with van der Waals surface area (Å²) in [4.78, 5) is 24.2. The molecule has 2 rings (SSSR count). The highest BCUT2D eigenvalue weighted by atomic mass is 32.2. The monoisotopic (exact) mass is 396 g/mol. The van der Waals surface area contributed by atoms with Crippen LogP contribution in [0.4, 0.5) is 18.9 Å². The Labute approximate surface area is 158 Å². The number of thioether (sulfide) groups is 1. The van der Waals surface area contributed by atoms with Gasteiger partial charge in [-0.1, -0.05) is 18.2 Å². The van der Waals surface area contributed by atoms with Crippen molar-refractivity contribution in [3.63, 3.8) is 0 Å². The summed E-state index contributed by atoms with van der Waals surface area (Å²) in [5.41, 5.74) is 0.0588. The second-order valence-electron chi connectivity index (χ2n) is 5.88. The Kier molecular flexibility index (Phi) is 6.90. The lowest BCUT2D eigenvalue weighted by Crippen LogP contribution is -2.26. The molecule has 0 heterocycles. The van der Waals surface area contributed by atoms with Crippen molar-refractivity contribution in [2.45, 2.75) is 29.8 Å². The molecule has 0 saturated heterocycles. The van der Waals surface area contributed by atoms with Gasteiger partial charge in [0.2, 0.25) is 5.91 Å². The minimum absolute atomic E-state index is 0.192. The first kappa shape index (κ1) is 20.8. The van der Waals surface area contributed by atoms with E-state index in [9.17, 15) is 27.9 Å². The molecule has 144 valence electrons. The van der Waals surface area contributed by atoms with Crippen molar-refractivity contribution in [2.75, 3.05) is 11.6 Å². The molecule has 0 aromatic heterocycles. The summed E-state index contributed by atoms with van der Waals surface area (Å²) in [6, 6.07) is 11.3. The van der Waals surface area contributed by atoms with Crippen LogP contribution in [0.3, 0.4) is 0 Å². The van der Waals surface area contributed by atoms with Gasteiger partial charge in [-0.25, -0.2) is 0 Å². The second kappa shape index (κ2) is 8.94. The van der Waals surface area contributed by atoms with E-state index in [1.807, 2.05) is 12.3 Å². The lowest BCUT2D eigenvalue weighted by Gasteiger charge is -2.18. The molecule has 1 amide bonds. The van der Waals surface area contributed by atoms with Crippen LogP contribution in [0.25, 0.3) is 0 Å². The van der Waals surface area contributed by atoms with Gasteiger partial charge in [-0.2, -0.15) is 13.2 Å². The minimum atomic E-state index is -4.48. The number of benzene rings is 2. The van der Waals surface area contributed by atoms with E-state index in [-0.39, 0.29) is 6.42 Å². The molecule has 0 spiro atoms. The number of carboxylic acids is 1. The second-order valence-corrected chi connectivity index (χ2v) is 6.76. The van der Waals surface area contributed by atoms with E-state index < -0.39 is 36.0 Å². The number of carbonyl (C=O) groups is 2. The number of carbonyl (C=O) groups excluding carboxylic acids is 2. The van der Waals surface area contributed by atoms with Crippen molar-refractivity contribution in [1.29, 1.82) is 0 Å². The standard InChI is InChI=1S/C19H18F3NO3S/c1-27-16-4-2-3-15(11-16)23-17(24)9-13(10-18(25)26)12-5-7-14(8-6-12)19(20,21)22/h2-8,11,13H,9-10H2,1H3,(H,23,24)(H,25,26)/p-1/t13-/m0/s1. The molecule has 0 bridgehead atoms. The third-order valence-corrected chi connectivity index (χ3v) is 4.63. The molecule has 0 aliphatic heterocycles. The molecular weight excluding hydrogens is 379 g/mol. The molecule has 8 heteroatoms. The molecule has 0 aliphatic rings. The normalized spacial score (nSPS) is 12.4. The highest BCUT2D eigenvalue weighted by Crippen LogP contribution is 2.31. The number of nitrogens with one attached hydrogen (secondary N) is 1. The molecule has 0 fully saturated rings. The molecule has 0 aliphatic carbocycles. The summed E-state index contributed by atoms with van der Waals surface area (Å²) in [5, 5.41) is 13.7. The zero-order chi connectivity index (χ0) is 20.0. The number of aliphatic carboxylic acids is 1. The number of hydrogen-bond donors (Lipinski definition) is 1. The van der Waals surface area contributed by atoms with Gasteiger partial charge in [0.05, 0.1) is 5.56 Å². The third-order valence-electron chi connectivity index (χ3n) is 3.91. The quantitative estimate of drug-likeness (QED) is 0.725. The maximum atomic E-state index is 12.7. The summed E-state index contributed by atoms with van der Waals surface area (Å²) in [6.45, 7) is 0. The summed E-state index contributed by atoms with van der Waals surface area (Å²) in [5.74, 6) is -2.60. The molecule has 0 saturated carbocycles. The van der Waals surface area contributed by atoms with Crippen molar-refractivity contribution in [3.05, 3.63) is 59.7 Å². The predicted molar refractivity (Wildman–Crippen MR) is 95.3 cm³/mol. The van der Waals surface area contributed by atoms with Crippen molar-refractivity contribution in [2.24, 2.45) is 0 Å². The van der Waals surface area contributed by atoms with E-state index in [0.29, 0.717) is 11.3 Å². The van der Waals surface area contributed by atoms with Crippen molar-refractivity contribution in [3.8, 4) is 0 Å². The predicted octanol–water partition coefficient (Wildman–Crippen LogP) is 3.68. The van der Waals surface area contributed by atoms with Crippen LogP contribution in [0, 0.1) is 0 Å². The van der Waals surface area contributed by atoms with E-state index in [2.05, 4.69) is 5.32 Å². The number of carboxylic acid groups (broad SMARTS) is 1. The first-order chi connectivity index (χ1) is 12.7. The van der Waals surface area contributed by atoms with Crippen molar-refractivity contribution in [1.82, 2.24) is 0 Å². The minimum Gasteiger partial charge on any atom is -0.550 e. The average molecular weight is 396 g/mol. The molecule has 1 atom stereocenters. The number of rotatable bonds is 7. The van der Waals surface area contributed by atoms with Crippen LogP contribution < -0.4 is 10.4 Å². The van der Waals surface area contributed by atoms with Crippen LogP contribution in [0.2, 0.25) is 0 Å². The lowest BCUT2D eigenvalue weighted by atomic mass is 9.91. The molecular formula is C19H17F3NO3S-. The van der Waals surface area contributed by atoms with Crippen molar-refractivity contribution < 1.29 is 27.9 Å². The van der Waals surface area contributed by atoms with E-state index in [0.717, 1.165) is 17.0 Å². The first-order valence-corrected chi connectivity index (χ1v) is 9.22. The molecule has 2 aromatic rings. The Morgan fingerprint density at radius 3 is 2.33 bits per heavy atom. The third kappa shape index (κ3) is 6.32. The Morgan fingerprint density at radius 1 is 1.11 bits per heavy atom. The zero-order valence-electron chi connectivity index (χ0n) is 14.4. The maximum absolute atomic E-state index is 12.7. The van der Waals surface area contributed by atoms with Crippen LogP contribution >= 0.6 is 11.8 Å². The number of halogens is 3. The molecule has 1 N–H and O–H groups in total. The molecule has 2 aromatic carbocycles.